The van der Waals surface area contributed by atoms with Crippen LogP contribution in [0.4, 0.5) is 0 Å². The van der Waals surface area contributed by atoms with Gasteiger partial charge < -0.3 is 10.1 Å². The van der Waals surface area contributed by atoms with Crippen molar-refractivity contribution in [3.63, 3.8) is 0 Å². The van der Waals surface area contributed by atoms with Crippen LogP contribution in [0.2, 0.25) is 0 Å². The number of nitrogens with one attached hydrogen (secondary N) is 1. The Morgan fingerprint density at radius 3 is 2.61 bits per heavy atom. The largest absolute Gasteiger partial charge is 0.468 e. The van der Waals surface area contributed by atoms with Gasteiger partial charge >= 0.3 is 5.97 Å². The topological polar surface area (TPSA) is 38.3 Å². The van der Waals surface area contributed by atoms with Crippen molar-refractivity contribution in [1.29, 1.82) is 0 Å². The van der Waals surface area contributed by atoms with Crippen LogP contribution in [0.15, 0.2) is 0 Å². The lowest BCUT2D eigenvalue weighted by Gasteiger charge is -2.31. The smallest absolute Gasteiger partial charge is 0.326 e. The number of methoxy groups -OCH3 is 1. The van der Waals surface area contributed by atoms with Crippen molar-refractivity contribution in [3.05, 3.63) is 0 Å². The maximum atomic E-state index is 12.2. The fourth-order valence-electron chi connectivity index (χ4n) is 3.13. The average Bonchev–Trinajstić information content (AvgIpc) is 3.22. The Bertz CT molecular complexity index is 288. The molecular formula is C15H27NO2. The van der Waals surface area contributed by atoms with Gasteiger partial charge in [0.05, 0.1) is 7.11 Å². The minimum absolute atomic E-state index is 0.0418. The van der Waals surface area contributed by atoms with Gasteiger partial charge in [-0.2, -0.15) is 0 Å². The summed E-state index contributed by atoms with van der Waals surface area (Å²) in [6, 6.07) is 0. The van der Waals surface area contributed by atoms with E-state index in [1.165, 1.54) is 32.8 Å². The van der Waals surface area contributed by atoms with Gasteiger partial charge in [-0.05, 0) is 50.5 Å². The lowest BCUT2D eigenvalue weighted by Crippen LogP contribution is -2.53. The fraction of sp³-hybridized carbons (Fsp3) is 0.933. The summed E-state index contributed by atoms with van der Waals surface area (Å²) in [4.78, 5) is 12.2. The van der Waals surface area contributed by atoms with Crippen LogP contribution >= 0.6 is 0 Å². The molecule has 2 atom stereocenters. The molecule has 3 heteroatoms. The van der Waals surface area contributed by atoms with Gasteiger partial charge in [0.1, 0.15) is 5.54 Å². The van der Waals surface area contributed by atoms with E-state index in [1.807, 2.05) is 0 Å². The number of hydrogen-bond acceptors (Lipinski definition) is 3. The molecule has 0 aromatic rings. The van der Waals surface area contributed by atoms with Crippen LogP contribution in [-0.2, 0) is 9.53 Å². The van der Waals surface area contributed by atoms with E-state index in [9.17, 15) is 4.79 Å². The van der Waals surface area contributed by atoms with Crippen molar-refractivity contribution in [1.82, 2.24) is 5.32 Å². The molecule has 2 saturated carbocycles. The molecule has 0 aromatic heterocycles. The highest BCUT2D eigenvalue weighted by Crippen LogP contribution is 2.34. The first-order valence-corrected chi connectivity index (χ1v) is 7.53. The zero-order chi connectivity index (χ0) is 13.0. The monoisotopic (exact) mass is 253 g/mol. The van der Waals surface area contributed by atoms with Gasteiger partial charge in [-0.1, -0.05) is 26.2 Å². The Hall–Kier alpha value is -0.570. The van der Waals surface area contributed by atoms with Crippen molar-refractivity contribution in [2.75, 3.05) is 13.7 Å². The quantitative estimate of drug-likeness (QED) is 0.605. The van der Waals surface area contributed by atoms with E-state index in [4.69, 9.17) is 4.74 Å². The Morgan fingerprint density at radius 1 is 1.22 bits per heavy atom. The molecule has 0 aromatic carbocycles. The van der Waals surface area contributed by atoms with Crippen LogP contribution < -0.4 is 5.32 Å². The first-order valence-electron chi connectivity index (χ1n) is 7.53. The molecule has 0 amide bonds. The van der Waals surface area contributed by atoms with Gasteiger partial charge in [0, 0.05) is 0 Å². The van der Waals surface area contributed by atoms with Crippen LogP contribution in [0.25, 0.3) is 0 Å². The predicted octanol–water partition coefficient (Wildman–Crippen LogP) is 2.89. The van der Waals surface area contributed by atoms with E-state index >= 15 is 0 Å². The number of rotatable bonds is 5. The average molecular weight is 253 g/mol. The van der Waals surface area contributed by atoms with Gasteiger partial charge in [0.2, 0.25) is 0 Å². The predicted molar refractivity (Wildman–Crippen MR) is 72.3 cm³/mol. The second kappa shape index (κ2) is 6.05. The SMILES string of the molecule is CCC1CCCC(NCC2CC2)(C(=O)OC)CC1. The maximum absolute atomic E-state index is 12.2. The molecule has 0 radical (unpaired) electrons. The summed E-state index contributed by atoms with van der Waals surface area (Å²) in [6.45, 7) is 3.25. The maximum Gasteiger partial charge on any atom is 0.326 e. The molecule has 2 unspecified atom stereocenters. The first-order chi connectivity index (χ1) is 8.70. The third kappa shape index (κ3) is 3.25. The summed E-state index contributed by atoms with van der Waals surface area (Å²) in [5.74, 6) is 1.55. The molecule has 3 nitrogen and oxygen atoms in total. The molecular weight excluding hydrogens is 226 g/mol. The minimum Gasteiger partial charge on any atom is -0.468 e. The fourth-order valence-corrected chi connectivity index (χ4v) is 3.13. The molecule has 0 spiro atoms. The van der Waals surface area contributed by atoms with Gasteiger partial charge in [-0.25, -0.2) is 0 Å². The second-order valence-electron chi connectivity index (χ2n) is 6.10. The van der Waals surface area contributed by atoms with Gasteiger partial charge in [0.25, 0.3) is 0 Å². The van der Waals surface area contributed by atoms with E-state index in [-0.39, 0.29) is 11.5 Å². The van der Waals surface area contributed by atoms with Crippen molar-refractivity contribution in [2.45, 2.75) is 63.8 Å². The zero-order valence-corrected chi connectivity index (χ0v) is 11.8. The number of carbonyl (C=O) groups is 1. The number of carbonyl (C=O) groups excluding carboxylic acids is 1. The molecule has 2 aliphatic rings. The van der Waals surface area contributed by atoms with Gasteiger partial charge in [0.15, 0.2) is 0 Å². The molecule has 104 valence electrons. The zero-order valence-electron chi connectivity index (χ0n) is 11.8. The molecule has 0 heterocycles. The van der Waals surface area contributed by atoms with Gasteiger partial charge in [-0.15, -0.1) is 0 Å². The van der Waals surface area contributed by atoms with Crippen molar-refractivity contribution in [2.24, 2.45) is 11.8 Å². The van der Waals surface area contributed by atoms with Crippen LogP contribution in [-0.4, -0.2) is 25.2 Å². The third-order valence-corrected chi connectivity index (χ3v) is 4.77. The molecule has 0 bridgehead atoms. The standard InChI is InChI=1S/C15H27NO2/c1-3-12-5-4-9-15(10-8-12,14(17)18-2)16-11-13-6-7-13/h12-13,16H,3-11H2,1-2H3. The number of hydrogen-bond donors (Lipinski definition) is 1. The Balaban J connectivity index is 2.00. The van der Waals surface area contributed by atoms with Crippen molar-refractivity contribution in [3.8, 4) is 0 Å². The summed E-state index contributed by atoms with van der Waals surface area (Å²) in [6.07, 6.45) is 9.34. The molecule has 1 N–H and O–H groups in total. The summed E-state index contributed by atoms with van der Waals surface area (Å²) in [7, 11) is 1.52. The van der Waals surface area contributed by atoms with E-state index < -0.39 is 0 Å². The molecule has 0 saturated heterocycles. The van der Waals surface area contributed by atoms with Crippen LogP contribution in [0.1, 0.15) is 58.3 Å². The van der Waals surface area contributed by atoms with Gasteiger partial charge in [-0.3, -0.25) is 4.79 Å². The highest BCUT2D eigenvalue weighted by molar-refractivity contribution is 5.80. The summed E-state index contributed by atoms with van der Waals surface area (Å²) < 4.78 is 5.07. The summed E-state index contributed by atoms with van der Waals surface area (Å²) >= 11 is 0. The Labute approximate surface area is 111 Å². The lowest BCUT2D eigenvalue weighted by molar-refractivity contribution is -0.149. The highest BCUT2D eigenvalue weighted by atomic mass is 16.5. The minimum atomic E-state index is -0.388. The van der Waals surface area contributed by atoms with Crippen LogP contribution in [0, 0.1) is 11.8 Å². The van der Waals surface area contributed by atoms with E-state index in [0.29, 0.717) is 0 Å². The molecule has 2 aliphatic carbocycles. The number of esters is 1. The highest BCUT2D eigenvalue weighted by Gasteiger charge is 2.41. The molecule has 0 aliphatic heterocycles. The normalized spacial score (nSPS) is 32.9. The second-order valence-corrected chi connectivity index (χ2v) is 6.10. The Kier molecular flexibility index (Phi) is 4.66. The van der Waals surface area contributed by atoms with E-state index in [0.717, 1.165) is 44.1 Å². The third-order valence-electron chi connectivity index (χ3n) is 4.77. The molecule has 2 fully saturated rings. The molecule has 18 heavy (non-hydrogen) atoms. The van der Waals surface area contributed by atoms with E-state index in [1.54, 1.807) is 0 Å². The molecule has 2 rings (SSSR count). The van der Waals surface area contributed by atoms with Crippen LogP contribution in [0.3, 0.4) is 0 Å². The first kappa shape index (κ1) is 13.9. The van der Waals surface area contributed by atoms with E-state index in [2.05, 4.69) is 12.2 Å². The van der Waals surface area contributed by atoms with Crippen molar-refractivity contribution >= 4 is 5.97 Å². The Morgan fingerprint density at radius 2 is 2.00 bits per heavy atom. The summed E-state index contributed by atoms with van der Waals surface area (Å²) in [5, 5.41) is 3.56. The number of ether oxygens (including phenoxy) is 1. The van der Waals surface area contributed by atoms with Crippen LogP contribution in [0.5, 0.6) is 0 Å². The lowest BCUT2D eigenvalue weighted by atomic mass is 9.89. The van der Waals surface area contributed by atoms with Crippen molar-refractivity contribution < 1.29 is 9.53 Å². The summed E-state index contributed by atoms with van der Waals surface area (Å²) in [5.41, 5.74) is -0.388.